The normalized spacial score (nSPS) is 10.7. The lowest BCUT2D eigenvalue weighted by Crippen LogP contribution is -2.21. The zero-order chi connectivity index (χ0) is 29.6. The van der Waals surface area contributed by atoms with Gasteiger partial charge in [-0.05, 0) is 137 Å². The Morgan fingerprint density at radius 1 is 0.405 bits per heavy atom. The third-order valence-corrected chi connectivity index (χ3v) is 6.73. The molecule has 0 bridgehead atoms. The van der Waals surface area contributed by atoms with Gasteiger partial charge in [-0.15, -0.1) is 0 Å². The molecule has 42 heavy (non-hydrogen) atoms. The molecule has 0 aliphatic rings. The number of hydrogen-bond donors (Lipinski definition) is 0. The van der Waals surface area contributed by atoms with E-state index < -0.39 is 0 Å². The Labute approximate surface area is 249 Å². The van der Waals surface area contributed by atoms with Gasteiger partial charge in [-0.1, -0.05) is 11.8 Å². The molecule has 0 saturated heterocycles. The first-order valence-electron chi connectivity index (χ1n) is 14.4. The van der Waals surface area contributed by atoms with Crippen molar-refractivity contribution >= 4 is 34.1 Å². The van der Waals surface area contributed by atoms with Crippen LogP contribution in [0.4, 0.5) is 34.1 Å². The van der Waals surface area contributed by atoms with E-state index in [4.69, 9.17) is 0 Å². The molecule has 0 N–H and O–H groups in total. The van der Waals surface area contributed by atoms with Crippen molar-refractivity contribution in [2.75, 3.05) is 36.0 Å². The van der Waals surface area contributed by atoms with Gasteiger partial charge in [-0.25, -0.2) is 0 Å². The summed E-state index contributed by atoms with van der Waals surface area (Å²) in [6.45, 7) is 12.5. The number of nitrogens with zero attached hydrogens (tertiary/aromatic N) is 6. The Kier molecular flexibility index (Phi) is 11.0. The Bertz CT molecular complexity index is 1460. The second kappa shape index (κ2) is 15.6. The van der Waals surface area contributed by atoms with Gasteiger partial charge in [0.25, 0.3) is 0 Å². The Morgan fingerprint density at radius 3 is 0.929 bits per heavy atom. The minimum absolute atomic E-state index is 0.772. The molecule has 0 saturated carbocycles. The summed E-state index contributed by atoms with van der Waals surface area (Å²) in [6.07, 6.45) is 0. The van der Waals surface area contributed by atoms with Crippen molar-refractivity contribution in [3.05, 3.63) is 108 Å². The van der Waals surface area contributed by atoms with E-state index in [1.54, 1.807) is 0 Å². The Balaban J connectivity index is 1.29. The van der Waals surface area contributed by atoms with Crippen molar-refractivity contribution in [3.8, 4) is 23.7 Å². The molecule has 0 aromatic heterocycles. The van der Waals surface area contributed by atoms with Crippen molar-refractivity contribution in [2.24, 2.45) is 20.5 Å². The fraction of sp³-hybridized carbons (Fsp3) is 0.222. The van der Waals surface area contributed by atoms with E-state index in [2.05, 4.69) is 106 Å². The number of anilines is 2. The third kappa shape index (κ3) is 8.65. The molecule has 0 fully saturated rings. The van der Waals surface area contributed by atoms with Crippen LogP contribution in [-0.4, -0.2) is 26.2 Å². The highest BCUT2D eigenvalue weighted by Gasteiger charge is 2.02. The maximum absolute atomic E-state index is 4.35. The molecule has 210 valence electrons. The molecule has 6 heteroatoms. The molecule has 4 aromatic carbocycles. The highest BCUT2D eigenvalue weighted by Crippen LogP contribution is 2.24. The summed E-state index contributed by atoms with van der Waals surface area (Å²) in [5, 5.41) is 17.4. The van der Waals surface area contributed by atoms with Crippen molar-refractivity contribution in [3.63, 3.8) is 0 Å². The van der Waals surface area contributed by atoms with E-state index in [0.29, 0.717) is 0 Å². The van der Waals surface area contributed by atoms with Gasteiger partial charge in [0.15, 0.2) is 0 Å². The molecule has 0 heterocycles. The van der Waals surface area contributed by atoms with E-state index >= 15 is 0 Å². The largest absolute Gasteiger partial charge is 0.372 e. The zero-order valence-electron chi connectivity index (χ0n) is 24.7. The third-order valence-electron chi connectivity index (χ3n) is 6.73. The van der Waals surface area contributed by atoms with Crippen LogP contribution in [0.1, 0.15) is 38.8 Å². The monoisotopic (exact) mass is 552 g/mol. The van der Waals surface area contributed by atoms with Gasteiger partial charge in [-0.2, -0.15) is 20.5 Å². The topological polar surface area (TPSA) is 55.9 Å². The molecular formula is C36H36N6. The van der Waals surface area contributed by atoms with Crippen molar-refractivity contribution in [1.29, 1.82) is 0 Å². The van der Waals surface area contributed by atoms with E-state index in [9.17, 15) is 0 Å². The molecule has 0 atom stereocenters. The quantitative estimate of drug-likeness (QED) is 0.145. The predicted molar refractivity (Wildman–Crippen MR) is 175 cm³/mol. The first-order chi connectivity index (χ1) is 20.6. The maximum atomic E-state index is 4.35. The van der Waals surface area contributed by atoms with Crippen LogP contribution in [0.25, 0.3) is 0 Å². The fourth-order valence-corrected chi connectivity index (χ4v) is 4.30. The van der Waals surface area contributed by atoms with Crippen molar-refractivity contribution in [2.45, 2.75) is 27.7 Å². The van der Waals surface area contributed by atoms with E-state index in [-0.39, 0.29) is 0 Å². The molecule has 0 aliphatic heterocycles. The fourth-order valence-electron chi connectivity index (χ4n) is 4.30. The second-order valence-corrected chi connectivity index (χ2v) is 9.37. The summed E-state index contributed by atoms with van der Waals surface area (Å²) in [6, 6.07) is 31.5. The lowest BCUT2D eigenvalue weighted by atomic mass is 10.2. The highest BCUT2D eigenvalue weighted by atomic mass is 15.1. The second-order valence-electron chi connectivity index (χ2n) is 9.37. The predicted octanol–water partition coefficient (Wildman–Crippen LogP) is 9.61. The first kappa shape index (κ1) is 29.8. The van der Waals surface area contributed by atoms with Gasteiger partial charge in [0, 0.05) is 48.7 Å². The van der Waals surface area contributed by atoms with Crippen LogP contribution >= 0.6 is 0 Å². The van der Waals surface area contributed by atoms with Crippen LogP contribution in [0, 0.1) is 23.7 Å². The summed E-state index contributed by atoms with van der Waals surface area (Å²) in [5.41, 5.74) is 7.31. The van der Waals surface area contributed by atoms with Gasteiger partial charge >= 0.3 is 0 Å². The number of hydrogen-bond acceptors (Lipinski definition) is 6. The molecule has 0 aliphatic carbocycles. The van der Waals surface area contributed by atoms with Crippen LogP contribution < -0.4 is 9.80 Å². The van der Waals surface area contributed by atoms with E-state index in [1.165, 1.54) is 11.4 Å². The van der Waals surface area contributed by atoms with Gasteiger partial charge in [0.1, 0.15) is 0 Å². The highest BCUT2D eigenvalue weighted by molar-refractivity contribution is 5.54. The SMILES string of the molecule is CCN(CC)c1ccc(N=Nc2ccc(C#CC#Cc3ccc(N=Nc4ccc(N(CC)CC)cc4)cc3)cc2)cc1. The molecule has 4 aromatic rings. The summed E-state index contributed by atoms with van der Waals surface area (Å²) in [7, 11) is 0. The van der Waals surface area contributed by atoms with Crippen LogP contribution in [0.2, 0.25) is 0 Å². The van der Waals surface area contributed by atoms with Crippen LogP contribution in [0.3, 0.4) is 0 Å². The van der Waals surface area contributed by atoms with Crippen molar-refractivity contribution in [1.82, 2.24) is 0 Å². The molecule has 0 radical (unpaired) electrons. The van der Waals surface area contributed by atoms with Crippen LogP contribution in [0.5, 0.6) is 0 Å². The Hall–Kier alpha value is -5.20. The molecule has 0 spiro atoms. The van der Waals surface area contributed by atoms with E-state index in [0.717, 1.165) is 60.1 Å². The van der Waals surface area contributed by atoms with Crippen LogP contribution in [0.15, 0.2) is 118 Å². The molecule has 0 unspecified atom stereocenters. The van der Waals surface area contributed by atoms with Gasteiger partial charge < -0.3 is 9.80 Å². The van der Waals surface area contributed by atoms with Crippen LogP contribution in [-0.2, 0) is 0 Å². The van der Waals surface area contributed by atoms with Crippen molar-refractivity contribution < 1.29 is 0 Å². The smallest absolute Gasteiger partial charge is 0.0858 e. The Morgan fingerprint density at radius 2 is 0.667 bits per heavy atom. The molecule has 6 nitrogen and oxygen atoms in total. The summed E-state index contributed by atoms with van der Waals surface area (Å²) >= 11 is 0. The standard InChI is InChI=1S/C36H36N6/c1-5-41(6-2)35-25-21-33(22-26-35)39-37-31-17-13-29(14-18-31)11-9-10-12-30-15-19-32(20-16-30)38-40-34-23-27-36(28-24-34)42(7-3)8-4/h13-28H,5-8H2,1-4H3. The van der Waals surface area contributed by atoms with E-state index in [1.807, 2.05) is 72.8 Å². The maximum Gasteiger partial charge on any atom is 0.0858 e. The summed E-state index contributed by atoms with van der Waals surface area (Å²) in [4.78, 5) is 4.59. The lowest BCUT2D eigenvalue weighted by Gasteiger charge is -2.20. The number of azo groups is 2. The minimum atomic E-state index is 0.772. The first-order valence-corrected chi connectivity index (χ1v) is 14.4. The van der Waals surface area contributed by atoms with Gasteiger partial charge in [0.2, 0.25) is 0 Å². The molecule has 4 rings (SSSR count). The summed E-state index contributed by atoms with van der Waals surface area (Å²) in [5.74, 6) is 12.0. The van der Waals surface area contributed by atoms with Gasteiger partial charge in [-0.3, -0.25) is 0 Å². The average Bonchev–Trinajstić information content (AvgIpc) is 3.04. The van der Waals surface area contributed by atoms with Gasteiger partial charge in [0.05, 0.1) is 22.7 Å². The lowest BCUT2D eigenvalue weighted by molar-refractivity contribution is 0.866. The number of benzene rings is 4. The zero-order valence-corrected chi connectivity index (χ0v) is 24.7. The average molecular weight is 553 g/mol. The molecular weight excluding hydrogens is 516 g/mol. The minimum Gasteiger partial charge on any atom is -0.372 e. The molecule has 0 amide bonds. The number of rotatable bonds is 10. The summed E-state index contributed by atoms with van der Waals surface area (Å²) < 4.78 is 0.